The Labute approximate surface area is 114 Å². The van der Waals surface area contributed by atoms with Crippen molar-refractivity contribution in [2.45, 2.75) is 19.5 Å². The zero-order valence-electron chi connectivity index (χ0n) is 10.3. The molecule has 0 radical (unpaired) electrons. The molecule has 0 bridgehead atoms. The van der Waals surface area contributed by atoms with Crippen LogP contribution in [-0.2, 0) is 11.0 Å². The molecule has 0 saturated carbocycles. The molecule has 1 aromatic carbocycles. The second kappa shape index (κ2) is 6.65. The molecule has 19 heavy (non-hydrogen) atoms. The number of benzene rings is 1. The minimum atomic E-state index is -4.43. The summed E-state index contributed by atoms with van der Waals surface area (Å²) in [6.07, 6.45) is -3.62. The lowest BCUT2D eigenvalue weighted by Crippen LogP contribution is -2.30. The van der Waals surface area contributed by atoms with Crippen molar-refractivity contribution in [3.05, 3.63) is 28.8 Å². The summed E-state index contributed by atoms with van der Waals surface area (Å²) in [4.78, 5) is 11.3. The molecular weight excluding hydrogens is 281 g/mol. The van der Waals surface area contributed by atoms with Gasteiger partial charge in [-0.3, -0.25) is 4.79 Å². The van der Waals surface area contributed by atoms with Gasteiger partial charge in [-0.05, 0) is 24.6 Å². The molecule has 0 spiro atoms. The van der Waals surface area contributed by atoms with Crippen molar-refractivity contribution in [1.29, 1.82) is 0 Å². The van der Waals surface area contributed by atoms with Crippen molar-refractivity contribution >= 4 is 23.2 Å². The smallest absolute Gasteiger partial charge is 0.375 e. The molecule has 0 heterocycles. The molecule has 0 unspecified atom stereocenters. The summed E-state index contributed by atoms with van der Waals surface area (Å²) in [5, 5.41) is 5.25. The standard InChI is InChI=1S/C12H14ClF3N2O/c1-2-5-17-11(19)7-18-10-4-3-8(6-9(10)13)12(14,15)16/h3-4,6,18H,2,5,7H2,1H3,(H,17,19). The number of hydrogen-bond acceptors (Lipinski definition) is 2. The van der Waals surface area contributed by atoms with E-state index in [1.54, 1.807) is 0 Å². The molecule has 1 aromatic rings. The van der Waals surface area contributed by atoms with E-state index in [9.17, 15) is 18.0 Å². The molecule has 0 saturated heterocycles. The number of alkyl halides is 3. The quantitative estimate of drug-likeness (QED) is 0.875. The fraction of sp³-hybridized carbons (Fsp3) is 0.417. The third kappa shape index (κ3) is 4.98. The molecule has 0 aliphatic carbocycles. The third-order valence-corrected chi connectivity index (χ3v) is 2.62. The largest absolute Gasteiger partial charge is 0.416 e. The first-order valence-electron chi connectivity index (χ1n) is 5.72. The van der Waals surface area contributed by atoms with E-state index < -0.39 is 11.7 Å². The van der Waals surface area contributed by atoms with Gasteiger partial charge in [0, 0.05) is 6.54 Å². The Balaban J connectivity index is 2.63. The van der Waals surface area contributed by atoms with Gasteiger partial charge in [-0.2, -0.15) is 13.2 Å². The lowest BCUT2D eigenvalue weighted by molar-refractivity contribution is -0.137. The molecule has 2 N–H and O–H groups in total. The van der Waals surface area contributed by atoms with Crippen molar-refractivity contribution in [1.82, 2.24) is 5.32 Å². The number of anilines is 1. The van der Waals surface area contributed by atoms with E-state index in [-0.39, 0.29) is 17.5 Å². The number of rotatable bonds is 5. The Morgan fingerprint density at radius 3 is 2.58 bits per heavy atom. The summed E-state index contributed by atoms with van der Waals surface area (Å²) in [6, 6.07) is 2.95. The molecule has 106 valence electrons. The highest BCUT2D eigenvalue weighted by Crippen LogP contribution is 2.33. The van der Waals surface area contributed by atoms with Crippen molar-refractivity contribution in [3.63, 3.8) is 0 Å². The van der Waals surface area contributed by atoms with Gasteiger partial charge in [0.05, 0.1) is 22.8 Å². The monoisotopic (exact) mass is 294 g/mol. The van der Waals surface area contributed by atoms with Crippen LogP contribution in [0.4, 0.5) is 18.9 Å². The normalized spacial score (nSPS) is 11.2. The fourth-order valence-electron chi connectivity index (χ4n) is 1.34. The second-order valence-corrected chi connectivity index (χ2v) is 4.30. The number of halogens is 4. The Bertz CT molecular complexity index is 449. The first-order valence-corrected chi connectivity index (χ1v) is 6.09. The van der Waals surface area contributed by atoms with Crippen LogP contribution in [0.25, 0.3) is 0 Å². The lowest BCUT2D eigenvalue weighted by Gasteiger charge is -2.11. The number of carbonyl (C=O) groups excluding carboxylic acids is 1. The molecule has 0 aromatic heterocycles. The van der Waals surface area contributed by atoms with Crippen LogP contribution in [0.15, 0.2) is 18.2 Å². The zero-order chi connectivity index (χ0) is 14.5. The van der Waals surface area contributed by atoms with Gasteiger partial charge in [-0.25, -0.2) is 0 Å². The highest BCUT2D eigenvalue weighted by Gasteiger charge is 2.30. The first kappa shape index (κ1) is 15.6. The van der Waals surface area contributed by atoms with Gasteiger partial charge in [-0.15, -0.1) is 0 Å². The van der Waals surface area contributed by atoms with E-state index in [1.165, 1.54) is 6.07 Å². The summed E-state index contributed by atoms with van der Waals surface area (Å²) < 4.78 is 37.2. The van der Waals surface area contributed by atoms with E-state index >= 15 is 0 Å². The maximum absolute atomic E-state index is 12.4. The highest BCUT2D eigenvalue weighted by molar-refractivity contribution is 6.33. The topological polar surface area (TPSA) is 41.1 Å². The molecule has 7 heteroatoms. The maximum Gasteiger partial charge on any atom is 0.416 e. The molecule has 1 rings (SSSR count). The van der Waals surface area contributed by atoms with Gasteiger partial charge in [0.1, 0.15) is 0 Å². The van der Waals surface area contributed by atoms with Crippen LogP contribution in [0.3, 0.4) is 0 Å². The molecule has 0 fully saturated rings. The van der Waals surface area contributed by atoms with Crippen LogP contribution in [-0.4, -0.2) is 19.0 Å². The van der Waals surface area contributed by atoms with Gasteiger partial charge >= 0.3 is 6.18 Å². The summed E-state index contributed by atoms with van der Waals surface area (Å²) in [7, 11) is 0. The van der Waals surface area contributed by atoms with Crippen LogP contribution < -0.4 is 10.6 Å². The predicted molar refractivity (Wildman–Crippen MR) is 68.2 cm³/mol. The zero-order valence-corrected chi connectivity index (χ0v) is 11.0. The Morgan fingerprint density at radius 1 is 1.37 bits per heavy atom. The Hall–Kier alpha value is -1.43. The molecular formula is C12H14ClF3N2O. The maximum atomic E-state index is 12.4. The minimum absolute atomic E-state index is 0.0366. The molecule has 3 nitrogen and oxygen atoms in total. The average molecular weight is 295 g/mol. The van der Waals surface area contributed by atoms with E-state index in [0.717, 1.165) is 18.6 Å². The van der Waals surface area contributed by atoms with E-state index in [0.29, 0.717) is 12.2 Å². The SMILES string of the molecule is CCCNC(=O)CNc1ccc(C(F)(F)F)cc1Cl. The summed E-state index contributed by atoms with van der Waals surface area (Å²) >= 11 is 5.73. The number of amides is 1. The number of nitrogens with one attached hydrogen (secondary N) is 2. The summed E-state index contributed by atoms with van der Waals surface area (Å²) in [6.45, 7) is 2.44. The number of hydrogen-bond donors (Lipinski definition) is 2. The molecule has 0 atom stereocenters. The van der Waals surface area contributed by atoms with Crippen LogP contribution in [0.1, 0.15) is 18.9 Å². The summed E-state index contributed by atoms with van der Waals surface area (Å²) in [5.41, 5.74) is -0.528. The first-order chi connectivity index (χ1) is 8.84. The predicted octanol–water partition coefficient (Wildman–Crippen LogP) is 3.30. The molecule has 0 aliphatic rings. The third-order valence-electron chi connectivity index (χ3n) is 2.31. The molecule has 1 amide bonds. The van der Waals surface area contributed by atoms with E-state index in [1.807, 2.05) is 6.92 Å². The van der Waals surface area contributed by atoms with Crippen LogP contribution >= 0.6 is 11.6 Å². The minimum Gasteiger partial charge on any atom is -0.375 e. The van der Waals surface area contributed by atoms with Crippen LogP contribution in [0, 0.1) is 0 Å². The van der Waals surface area contributed by atoms with Crippen LogP contribution in [0.2, 0.25) is 5.02 Å². The fourth-order valence-corrected chi connectivity index (χ4v) is 1.58. The van der Waals surface area contributed by atoms with Crippen molar-refractivity contribution in [3.8, 4) is 0 Å². The Kier molecular flexibility index (Phi) is 5.47. The lowest BCUT2D eigenvalue weighted by atomic mass is 10.2. The number of carbonyl (C=O) groups is 1. The second-order valence-electron chi connectivity index (χ2n) is 3.90. The van der Waals surface area contributed by atoms with Gasteiger partial charge in [0.2, 0.25) is 5.91 Å². The Morgan fingerprint density at radius 2 is 2.05 bits per heavy atom. The summed E-state index contributed by atoms with van der Waals surface area (Å²) in [5.74, 6) is -0.238. The highest BCUT2D eigenvalue weighted by atomic mass is 35.5. The van der Waals surface area contributed by atoms with Gasteiger partial charge in [0.15, 0.2) is 0 Å². The van der Waals surface area contributed by atoms with Crippen molar-refractivity contribution < 1.29 is 18.0 Å². The van der Waals surface area contributed by atoms with Gasteiger partial charge in [0.25, 0.3) is 0 Å². The van der Waals surface area contributed by atoms with E-state index in [4.69, 9.17) is 11.6 Å². The van der Waals surface area contributed by atoms with E-state index in [2.05, 4.69) is 10.6 Å². The van der Waals surface area contributed by atoms with Crippen LogP contribution in [0.5, 0.6) is 0 Å². The van der Waals surface area contributed by atoms with Gasteiger partial charge < -0.3 is 10.6 Å². The van der Waals surface area contributed by atoms with Crippen molar-refractivity contribution in [2.24, 2.45) is 0 Å². The average Bonchev–Trinajstić information content (AvgIpc) is 2.33. The van der Waals surface area contributed by atoms with Gasteiger partial charge in [-0.1, -0.05) is 18.5 Å². The van der Waals surface area contributed by atoms with Crippen molar-refractivity contribution in [2.75, 3.05) is 18.4 Å². The molecule has 0 aliphatic heterocycles.